The molecule has 0 fully saturated rings. The van der Waals surface area contributed by atoms with Crippen LogP contribution in [0.3, 0.4) is 0 Å². The van der Waals surface area contributed by atoms with Gasteiger partial charge < -0.3 is 10.5 Å². The Morgan fingerprint density at radius 3 is 2.50 bits per heavy atom. The fourth-order valence-electron chi connectivity index (χ4n) is 1.14. The van der Waals surface area contributed by atoms with Gasteiger partial charge in [-0.25, -0.2) is 9.67 Å². The number of aromatic nitrogens is 3. The van der Waals surface area contributed by atoms with Gasteiger partial charge in [0.1, 0.15) is 12.1 Å². The normalized spacial score (nSPS) is 10.1. The lowest BCUT2D eigenvalue weighted by Crippen LogP contribution is -1.96. The number of ether oxygens (including phenoxy) is 1. The van der Waals surface area contributed by atoms with Gasteiger partial charge in [0.2, 0.25) is 5.95 Å². The summed E-state index contributed by atoms with van der Waals surface area (Å²) in [5.74, 6) is 1.07. The Balaban J connectivity index is 2.33. The quantitative estimate of drug-likeness (QED) is 0.762. The number of benzene rings is 1. The minimum absolute atomic E-state index is 0.265. The average Bonchev–Trinajstić information content (AvgIpc) is 2.65. The molecule has 0 spiro atoms. The first-order chi connectivity index (χ1) is 6.79. The third kappa shape index (κ3) is 1.52. The molecule has 1 aromatic heterocycles. The van der Waals surface area contributed by atoms with Crippen molar-refractivity contribution in [2.45, 2.75) is 0 Å². The van der Waals surface area contributed by atoms with Crippen molar-refractivity contribution in [1.29, 1.82) is 0 Å². The van der Waals surface area contributed by atoms with Crippen molar-refractivity contribution >= 4 is 5.95 Å². The van der Waals surface area contributed by atoms with E-state index in [9.17, 15) is 0 Å². The third-order valence-corrected chi connectivity index (χ3v) is 1.85. The number of rotatable bonds is 2. The number of anilines is 1. The van der Waals surface area contributed by atoms with Gasteiger partial charge in [-0.3, -0.25) is 0 Å². The van der Waals surface area contributed by atoms with Gasteiger partial charge in [0.15, 0.2) is 0 Å². The predicted molar refractivity (Wildman–Crippen MR) is 52.3 cm³/mol. The van der Waals surface area contributed by atoms with Crippen LogP contribution in [-0.4, -0.2) is 21.9 Å². The summed E-state index contributed by atoms with van der Waals surface area (Å²) < 4.78 is 6.65. The molecule has 5 heteroatoms. The van der Waals surface area contributed by atoms with Gasteiger partial charge in [0, 0.05) is 0 Å². The molecular weight excluding hydrogens is 180 g/mol. The first-order valence-corrected chi connectivity index (χ1v) is 4.11. The van der Waals surface area contributed by atoms with E-state index >= 15 is 0 Å². The van der Waals surface area contributed by atoms with E-state index in [1.807, 2.05) is 24.3 Å². The minimum Gasteiger partial charge on any atom is -0.497 e. The molecule has 0 amide bonds. The van der Waals surface area contributed by atoms with Crippen molar-refractivity contribution in [3.63, 3.8) is 0 Å². The molecule has 1 aromatic carbocycles. The monoisotopic (exact) mass is 190 g/mol. The molecule has 0 bridgehead atoms. The number of nitrogen functional groups attached to an aromatic ring is 1. The molecule has 2 rings (SSSR count). The first kappa shape index (κ1) is 8.55. The molecule has 0 saturated carbocycles. The summed E-state index contributed by atoms with van der Waals surface area (Å²) in [5, 5.41) is 3.98. The smallest absolute Gasteiger partial charge is 0.239 e. The molecule has 72 valence electrons. The first-order valence-electron chi connectivity index (χ1n) is 4.11. The van der Waals surface area contributed by atoms with E-state index in [-0.39, 0.29) is 5.95 Å². The molecule has 0 atom stereocenters. The van der Waals surface area contributed by atoms with Crippen molar-refractivity contribution < 1.29 is 4.74 Å². The number of nitrogens with two attached hydrogens (primary N) is 1. The molecule has 5 nitrogen and oxygen atoms in total. The van der Waals surface area contributed by atoms with Crippen molar-refractivity contribution in [1.82, 2.24) is 14.8 Å². The Bertz CT molecular complexity index is 421. The molecule has 2 aromatic rings. The van der Waals surface area contributed by atoms with E-state index < -0.39 is 0 Å². The zero-order valence-electron chi connectivity index (χ0n) is 7.71. The molecule has 0 radical (unpaired) electrons. The Morgan fingerprint density at radius 2 is 2.00 bits per heavy atom. The van der Waals surface area contributed by atoms with E-state index in [0.29, 0.717) is 0 Å². The van der Waals surface area contributed by atoms with E-state index in [4.69, 9.17) is 10.5 Å². The highest BCUT2D eigenvalue weighted by molar-refractivity contribution is 5.36. The fraction of sp³-hybridized carbons (Fsp3) is 0.111. The number of methoxy groups -OCH3 is 1. The van der Waals surface area contributed by atoms with Crippen LogP contribution >= 0.6 is 0 Å². The van der Waals surface area contributed by atoms with Gasteiger partial charge in [-0.15, -0.1) is 5.10 Å². The molecule has 0 unspecified atom stereocenters. The molecular formula is C9H10N4O. The number of hydrogen-bond donors (Lipinski definition) is 1. The van der Waals surface area contributed by atoms with E-state index in [2.05, 4.69) is 10.1 Å². The zero-order chi connectivity index (χ0) is 9.97. The number of hydrogen-bond acceptors (Lipinski definition) is 4. The standard InChI is InChI=1S/C9H10N4O/c1-14-8-4-2-7(3-5-8)13-6-11-9(10)12-13/h2-6H,1H3,(H2,10,12). The van der Waals surface area contributed by atoms with Crippen LogP contribution in [0, 0.1) is 0 Å². The van der Waals surface area contributed by atoms with Gasteiger partial charge in [0.05, 0.1) is 12.8 Å². The zero-order valence-corrected chi connectivity index (χ0v) is 7.71. The summed E-state index contributed by atoms with van der Waals surface area (Å²) in [5.41, 5.74) is 6.30. The van der Waals surface area contributed by atoms with Crippen LogP contribution in [0.2, 0.25) is 0 Å². The van der Waals surface area contributed by atoms with Crippen LogP contribution < -0.4 is 10.5 Å². The second kappa shape index (κ2) is 3.37. The van der Waals surface area contributed by atoms with Crippen LogP contribution in [-0.2, 0) is 0 Å². The molecule has 1 heterocycles. The second-order valence-electron chi connectivity index (χ2n) is 2.75. The van der Waals surface area contributed by atoms with Crippen LogP contribution in [0.1, 0.15) is 0 Å². The largest absolute Gasteiger partial charge is 0.497 e. The van der Waals surface area contributed by atoms with Crippen LogP contribution in [0.4, 0.5) is 5.95 Å². The Hall–Kier alpha value is -2.04. The maximum absolute atomic E-state index is 5.40. The maximum atomic E-state index is 5.40. The van der Waals surface area contributed by atoms with Crippen LogP contribution in [0.5, 0.6) is 5.75 Å². The SMILES string of the molecule is COc1ccc(-n2cnc(N)n2)cc1. The lowest BCUT2D eigenvalue weighted by Gasteiger charge is -2.01. The highest BCUT2D eigenvalue weighted by Gasteiger charge is 1.99. The van der Waals surface area contributed by atoms with Crippen LogP contribution in [0.25, 0.3) is 5.69 Å². The topological polar surface area (TPSA) is 66.0 Å². The van der Waals surface area contributed by atoms with Crippen molar-refractivity contribution in [3.8, 4) is 11.4 Å². The molecule has 2 N–H and O–H groups in total. The lowest BCUT2D eigenvalue weighted by atomic mass is 10.3. The summed E-state index contributed by atoms with van der Waals surface area (Å²) in [6.45, 7) is 0. The summed E-state index contributed by atoms with van der Waals surface area (Å²) in [4.78, 5) is 3.83. The van der Waals surface area contributed by atoms with Crippen molar-refractivity contribution in [2.24, 2.45) is 0 Å². The summed E-state index contributed by atoms with van der Waals surface area (Å²) in [6.07, 6.45) is 1.57. The van der Waals surface area contributed by atoms with Gasteiger partial charge in [-0.1, -0.05) is 0 Å². The van der Waals surface area contributed by atoms with E-state index in [1.165, 1.54) is 0 Å². The highest BCUT2D eigenvalue weighted by atomic mass is 16.5. The average molecular weight is 190 g/mol. The summed E-state index contributed by atoms with van der Waals surface area (Å²) >= 11 is 0. The summed E-state index contributed by atoms with van der Waals surface area (Å²) in [7, 11) is 1.63. The van der Waals surface area contributed by atoms with Crippen LogP contribution in [0.15, 0.2) is 30.6 Å². The Labute approximate surface area is 81.1 Å². The molecule has 0 aliphatic heterocycles. The summed E-state index contributed by atoms with van der Waals surface area (Å²) in [6, 6.07) is 7.47. The van der Waals surface area contributed by atoms with E-state index in [0.717, 1.165) is 11.4 Å². The Kier molecular flexibility index (Phi) is 2.06. The predicted octanol–water partition coefficient (Wildman–Crippen LogP) is 0.858. The Morgan fingerprint density at radius 1 is 1.29 bits per heavy atom. The minimum atomic E-state index is 0.265. The number of nitrogens with zero attached hydrogens (tertiary/aromatic N) is 3. The van der Waals surface area contributed by atoms with E-state index in [1.54, 1.807) is 18.1 Å². The van der Waals surface area contributed by atoms with Gasteiger partial charge >= 0.3 is 0 Å². The van der Waals surface area contributed by atoms with Crippen molar-refractivity contribution in [2.75, 3.05) is 12.8 Å². The highest BCUT2D eigenvalue weighted by Crippen LogP contribution is 2.13. The fourth-order valence-corrected chi connectivity index (χ4v) is 1.14. The second-order valence-corrected chi connectivity index (χ2v) is 2.75. The molecule has 0 aliphatic carbocycles. The molecule has 14 heavy (non-hydrogen) atoms. The van der Waals surface area contributed by atoms with Gasteiger partial charge in [0.25, 0.3) is 0 Å². The maximum Gasteiger partial charge on any atom is 0.239 e. The van der Waals surface area contributed by atoms with Crippen molar-refractivity contribution in [3.05, 3.63) is 30.6 Å². The third-order valence-electron chi connectivity index (χ3n) is 1.85. The van der Waals surface area contributed by atoms with Gasteiger partial charge in [-0.2, -0.15) is 0 Å². The lowest BCUT2D eigenvalue weighted by molar-refractivity contribution is 0.414. The molecule has 0 saturated heterocycles. The molecule has 0 aliphatic rings. The van der Waals surface area contributed by atoms with Gasteiger partial charge in [-0.05, 0) is 24.3 Å².